The molecule has 0 saturated carbocycles. The Bertz CT molecular complexity index is 1850. The summed E-state index contributed by atoms with van der Waals surface area (Å²) in [6.45, 7) is 8.78. The zero-order chi connectivity index (χ0) is 43.0. The second kappa shape index (κ2) is 27.6. The first-order valence-electron chi connectivity index (χ1n) is 23.5. The lowest BCUT2D eigenvalue weighted by Gasteiger charge is -2.27. The molecule has 0 fully saturated rings. The molecule has 2 aromatic rings. The molecule has 8 nitrogen and oxygen atoms in total. The van der Waals surface area contributed by atoms with Crippen molar-refractivity contribution >= 4 is 49.6 Å². The Morgan fingerprint density at radius 2 is 1.22 bits per heavy atom. The van der Waals surface area contributed by atoms with Crippen LogP contribution in [0.1, 0.15) is 168 Å². The maximum Gasteiger partial charge on any atom is 0.245 e. The van der Waals surface area contributed by atoms with Gasteiger partial charge in [0.25, 0.3) is 0 Å². The zero-order valence-corrected chi connectivity index (χ0v) is 38.8. The first-order valence-corrected chi connectivity index (χ1v) is 26.0. The summed E-state index contributed by atoms with van der Waals surface area (Å²) in [4.78, 5) is 16.6. The monoisotopic (exact) mass is 863 g/mol. The van der Waals surface area contributed by atoms with E-state index in [1.54, 1.807) is 12.1 Å². The summed E-state index contributed by atoms with van der Waals surface area (Å²) in [5, 5.41) is 23.7. The number of para-hydroxylation sites is 1. The topological polar surface area (TPSA) is 110 Å². The van der Waals surface area contributed by atoms with Crippen molar-refractivity contribution in [1.29, 1.82) is 0 Å². The molecule has 3 N–H and O–H groups in total. The van der Waals surface area contributed by atoms with Crippen LogP contribution in [0.3, 0.4) is 0 Å². The Hall–Kier alpha value is -3.34. The van der Waals surface area contributed by atoms with Gasteiger partial charge in [0.15, 0.2) is 0 Å². The molecule has 60 heavy (non-hydrogen) atoms. The van der Waals surface area contributed by atoms with E-state index >= 15 is 0 Å². The van der Waals surface area contributed by atoms with Gasteiger partial charge in [-0.2, -0.15) is 4.58 Å². The Balaban J connectivity index is 1.41. The van der Waals surface area contributed by atoms with Crippen molar-refractivity contribution in [2.24, 2.45) is 0 Å². The molecule has 0 amide bonds. The number of hydrogen-bond donors (Lipinski definition) is 3. The lowest BCUT2D eigenvalue weighted by Crippen LogP contribution is -2.36. The van der Waals surface area contributed by atoms with Crippen molar-refractivity contribution in [3.63, 3.8) is 0 Å². The number of phenolic OH excluding ortho intramolecular Hbond substituents is 1. The van der Waals surface area contributed by atoms with Crippen LogP contribution in [0.25, 0.3) is 5.57 Å². The number of carbonyl (C=O) groups is 1. The number of thioether (sulfide) groups is 1. The largest absolute Gasteiger partial charge is 0.507 e. The number of Topliss-reactive ketones (excluding diaryl/α,β-unsaturated/α-hetero) is 1. The Morgan fingerprint density at radius 1 is 0.650 bits per heavy atom. The van der Waals surface area contributed by atoms with Gasteiger partial charge in [-0.25, -0.2) is 13.1 Å². The normalized spacial score (nSPS) is 16.2. The fourth-order valence-electron chi connectivity index (χ4n) is 8.05. The number of nitrogens with one attached hydrogen (secondary N) is 1. The van der Waals surface area contributed by atoms with Crippen LogP contribution in [-0.2, 0) is 14.8 Å². The fraction of sp³-hybridized carbons (Fsp3) is 0.600. The summed E-state index contributed by atoms with van der Waals surface area (Å²) >= 11 is 1.50. The molecule has 2 aliphatic rings. The van der Waals surface area contributed by atoms with E-state index in [4.69, 9.17) is 0 Å². The molecule has 0 spiro atoms. The second-order valence-corrected chi connectivity index (χ2v) is 19.7. The number of ketones is 1. The SMILES string of the molecule is CCCCCCCCCCCCN(CCNS(=O)(=O)CCCC)c1ccc(C2=C(O)C(=C3C=CC(=[N+](CCCCCCCCCCCC)c4ccccc4)S3)C2=O)c(O)c1. The number of carbonyl (C=O) groups excluding carboxylic acids is 1. The lowest BCUT2D eigenvalue weighted by atomic mass is 9.82. The summed E-state index contributed by atoms with van der Waals surface area (Å²) in [6.07, 6.45) is 30.4. The Labute approximate surface area is 367 Å². The van der Waals surface area contributed by atoms with E-state index in [2.05, 4.69) is 40.2 Å². The van der Waals surface area contributed by atoms with Crippen molar-refractivity contribution in [2.45, 2.75) is 162 Å². The number of hydrogen-bond acceptors (Lipinski definition) is 7. The third-order valence-electron chi connectivity index (χ3n) is 11.7. The average Bonchev–Trinajstić information content (AvgIpc) is 3.71. The first kappa shape index (κ1) is 49.3. The van der Waals surface area contributed by atoms with Gasteiger partial charge >= 0.3 is 0 Å². The summed E-state index contributed by atoms with van der Waals surface area (Å²) in [5.74, 6) is -0.355. The molecular formula is C50H76N3O5S2+. The Morgan fingerprint density at radius 3 is 1.78 bits per heavy atom. The van der Waals surface area contributed by atoms with Crippen molar-refractivity contribution in [3.8, 4) is 5.75 Å². The number of aliphatic hydroxyl groups is 1. The van der Waals surface area contributed by atoms with Crippen molar-refractivity contribution in [2.75, 3.05) is 36.8 Å². The minimum Gasteiger partial charge on any atom is -0.507 e. The molecule has 0 aromatic heterocycles. The van der Waals surface area contributed by atoms with E-state index in [1.165, 1.54) is 121 Å². The van der Waals surface area contributed by atoms with E-state index in [9.17, 15) is 23.4 Å². The number of nitrogens with zero attached hydrogens (tertiary/aromatic N) is 2. The predicted molar refractivity (Wildman–Crippen MR) is 255 cm³/mol. The second-order valence-electron chi connectivity index (χ2n) is 16.7. The molecule has 1 heterocycles. The number of allylic oxidation sites excluding steroid dienone is 3. The van der Waals surface area contributed by atoms with Crippen LogP contribution in [0, 0.1) is 0 Å². The minimum atomic E-state index is -3.36. The number of rotatable bonds is 32. The molecule has 332 valence electrons. The smallest absolute Gasteiger partial charge is 0.245 e. The molecule has 2 aromatic carbocycles. The van der Waals surface area contributed by atoms with Gasteiger partial charge in [0.2, 0.25) is 26.5 Å². The van der Waals surface area contributed by atoms with Crippen LogP contribution in [0.15, 0.2) is 76.9 Å². The maximum absolute atomic E-state index is 13.7. The van der Waals surface area contributed by atoms with Crippen molar-refractivity contribution < 1.29 is 28.0 Å². The molecule has 0 saturated heterocycles. The van der Waals surface area contributed by atoms with E-state index in [1.807, 2.05) is 43.3 Å². The maximum atomic E-state index is 13.7. The average molecular weight is 863 g/mol. The summed E-state index contributed by atoms with van der Waals surface area (Å²) < 4.78 is 30.1. The number of sulfonamides is 1. The fourth-order valence-corrected chi connectivity index (χ4v) is 10.4. The van der Waals surface area contributed by atoms with Gasteiger partial charge in [-0.15, -0.1) is 0 Å². The van der Waals surface area contributed by atoms with Crippen LogP contribution in [-0.4, -0.2) is 66.0 Å². The van der Waals surface area contributed by atoms with E-state index in [0.29, 0.717) is 23.4 Å². The molecule has 0 bridgehead atoms. The number of aliphatic hydroxyl groups excluding tert-OH is 1. The van der Waals surface area contributed by atoms with Crippen LogP contribution < -0.4 is 9.62 Å². The molecule has 0 unspecified atom stereocenters. The van der Waals surface area contributed by atoms with Crippen molar-refractivity contribution in [3.05, 3.63) is 82.5 Å². The first-order chi connectivity index (χ1) is 29.2. The quantitative estimate of drug-likeness (QED) is 0.0382. The molecule has 1 aliphatic carbocycles. The number of anilines is 1. The van der Waals surface area contributed by atoms with Gasteiger partial charge in [-0.1, -0.05) is 155 Å². The van der Waals surface area contributed by atoms with Gasteiger partial charge in [0, 0.05) is 66.5 Å². The number of phenols is 1. The van der Waals surface area contributed by atoms with E-state index in [-0.39, 0.29) is 40.7 Å². The van der Waals surface area contributed by atoms with Crippen LogP contribution in [0.5, 0.6) is 5.75 Å². The molecule has 1 aliphatic heterocycles. The van der Waals surface area contributed by atoms with E-state index in [0.717, 1.165) is 55.2 Å². The molecule has 10 heteroatoms. The highest BCUT2D eigenvalue weighted by atomic mass is 32.2. The standard InChI is InChI=1S/C50H75N3O5S2/c1-4-7-10-12-14-16-18-20-22-27-36-52(38-35-51-60(57,58)39-9-6-3)42-31-32-43(44(54)40-42)47-49(55)48(50(47)56)45-33-34-46(59-45)53(41-29-25-24-26-30-41)37-28-23-21-19-17-15-13-11-8-5-2/h24-26,29-34,40,51H,4-23,27-28,35-39H2,1-3H3,(H,55,56)/p+1. The highest BCUT2D eigenvalue weighted by Crippen LogP contribution is 2.45. The number of unbranched alkanes of at least 4 members (excludes halogenated alkanes) is 19. The van der Waals surface area contributed by atoms with Gasteiger partial charge in [-0.05, 0) is 49.2 Å². The Kier molecular flexibility index (Phi) is 22.7. The predicted octanol–water partition coefficient (Wildman–Crippen LogP) is 12.9. The summed E-state index contributed by atoms with van der Waals surface area (Å²) in [6, 6.07) is 15.5. The van der Waals surface area contributed by atoms with Crippen LogP contribution in [0.2, 0.25) is 0 Å². The van der Waals surface area contributed by atoms with Crippen molar-refractivity contribution in [1.82, 2.24) is 4.72 Å². The van der Waals surface area contributed by atoms with Gasteiger partial charge < -0.3 is 15.1 Å². The van der Waals surface area contributed by atoms with Crippen LogP contribution >= 0.6 is 11.8 Å². The van der Waals surface area contributed by atoms with E-state index < -0.39 is 10.0 Å². The van der Waals surface area contributed by atoms with Gasteiger partial charge in [0.1, 0.15) is 18.1 Å². The molecule has 0 radical (unpaired) electrons. The highest BCUT2D eigenvalue weighted by molar-refractivity contribution is 8.18. The molecular weight excluding hydrogens is 787 g/mol. The lowest BCUT2D eigenvalue weighted by molar-refractivity contribution is -0.437. The zero-order valence-electron chi connectivity index (χ0n) is 37.2. The van der Waals surface area contributed by atoms with Gasteiger partial charge in [-0.3, -0.25) is 4.79 Å². The van der Waals surface area contributed by atoms with Gasteiger partial charge in [0.05, 0.1) is 16.9 Å². The summed E-state index contributed by atoms with van der Waals surface area (Å²) in [5.41, 5.74) is 2.57. The molecule has 0 atom stereocenters. The number of benzene rings is 2. The third kappa shape index (κ3) is 16.2. The summed E-state index contributed by atoms with van der Waals surface area (Å²) in [7, 11) is -3.36. The number of aromatic hydroxyl groups is 1. The minimum absolute atomic E-state index is 0.0864. The van der Waals surface area contributed by atoms with Crippen LogP contribution in [0.4, 0.5) is 11.4 Å². The third-order valence-corrected chi connectivity index (χ3v) is 14.3. The highest BCUT2D eigenvalue weighted by Gasteiger charge is 2.40. The molecule has 4 rings (SSSR count).